The van der Waals surface area contributed by atoms with E-state index in [0.29, 0.717) is 12.1 Å². The normalized spacial score (nSPS) is 12.6. The summed E-state index contributed by atoms with van der Waals surface area (Å²) in [6.07, 6.45) is 7.34. The fourth-order valence-corrected chi connectivity index (χ4v) is 1.70. The molecule has 1 unspecified atom stereocenters. The topological polar surface area (TPSA) is 76.5 Å². The van der Waals surface area contributed by atoms with Crippen LogP contribution in [0.2, 0.25) is 0 Å². The number of rotatable bonds is 4. The summed E-state index contributed by atoms with van der Waals surface area (Å²) >= 11 is 0. The lowest BCUT2D eigenvalue weighted by Gasteiger charge is -2.17. The van der Waals surface area contributed by atoms with Crippen molar-refractivity contribution in [2.45, 2.75) is 19.4 Å². The van der Waals surface area contributed by atoms with Gasteiger partial charge in [-0.15, -0.1) is 0 Å². The standard InChI is InChI=1S/C12H17N5O/c1-9(13)3-5-16(2)12(18)10-7-15-17-6-4-14-8-11(10)17/h4,6-9H,3,5,13H2,1-2H3. The maximum atomic E-state index is 12.2. The van der Waals surface area contributed by atoms with E-state index in [4.69, 9.17) is 5.73 Å². The van der Waals surface area contributed by atoms with Gasteiger partial charge in [-0.05, 0) is 13.3 Å². The lowest BCUT2D eigenvalue weighted by Crippen LogP contribution is -2.31. The van der Waals surface area contributed by atoms with Crippen LogP contribution in [0.4, 0.5) is 0 Å². The number of nitrogens with two attached hydrogens (primary N) is 1. The minimum Gasteiger partial charge on any atom is -0.342 e. The number of hydrogen-bond acceptors (Lipinski definition) is 4. The number of nitrogens with zero attached hydrogens (tertiary/aromatic N) is 4. The molecule has 6 nitrogen and oxygen atoms in total. The highest BCUT2D eigenvalue weighted by atomic mass is 16.2. The van der Waals surface area contributed by atoms with Gasteiger partial charge >= 0.3 is 0 Å². The van der Waals surface area contributed by atoms with Gasteiger partial charge in [0.25, 0.3) is 5.91 Å². The highest BCUT2D eigenvalue weighted by Crippen LogP contribution is 2.11. The molecule has 0 spiro atoms. The van der Waals surface area contributed by atoms with Crippen molar-refractivity contribution in [1.82, 2.24) is 19.5 Å². The number of aromatic nitrogens is 3. The minimum atomic E-state index is -0.0568. The predicted octanol–water partition coefficient (Wildman–Crippen LogP) is 0.539. The first kappa shape index (κ1) is 12.5. The van der Waals surface area contributed by atoms with Gasteiger partial charge < -0.3 is 10.6 Å². The highest BCUT2D eigenvalue weighted by Gasteiger charge is 2.16. The van der Waals surface area contributed by atoms with Gasteiger partial charge in [-0.1, -0.05) is 0 Å². The first-order valence-electron chi connectivity index (χ1n) is 5.88. The number of hydrogen-bond donors (Lipinski definition) is 1. The average molecular weight is 247 g/mol. The van der Waals surface area contributed by atoms with Crippen molar-refractivity contribution in [3.05, 3.63) is 30.4 Å². The Morgan fingerprint density at radius 2 is 2.33 bits per heavy atom. The zero-order chi connectivity index (χ0) is 13.1. The fourth-order valence-electron chi connectivity index (χ4n) is 1.70. The van der Waals surface area contributed by atoms with Crippen molar-refractivity contribution in [3.8, 4) is 0 Å². The van der Waals surface area contributed by atoms with Crippen LogP contribution in [-0.4, -0.2) is 45.0 Å². The monoisotopic (exact) mass is 247 g/mol. The molecule has 1 amide bonds. The molecule has 0 saturated heterocycles. The Bertz CT molecular complexity index is 548. The van der Waals surface area contributed by atoms with Crippen molar-refractivity contribution in [1.29, 1.82) is 0 Å². The molecule has 1 atom stereocenters. The molecule has 6 heteroatoms. The van der Waals surface area contributed by atoms with Crippen LogP contribution in [-0.2, 0) is 0 Å². The first-order chi connectivity index (χ1) is 8.59. The zero-order valence-corrected chi connectivity index (χ0v) is 10.6. The summed E-state index contributed by atoms with van der Waals surface area (Å²) in [5.41, 5.74) is 6.97. The van der Waals surface area contributed by atoms with Gasteiger partial charge in [0.2, 0.25) is 0 Å². The SMILES string of the molecule is CC(N)CCN(C)C(=O)c1cnn2ccncc12. The molecule has 0 saturated carbocycles. The Labute approximate surface area is 105 Å². The van der Waals surface area contributed by atoms with E-state index >= 15 is 0 Å². The molecule has 0 aromatic carbocycles. The van der Waals surface area contributed by atoms with Crippen LogP contribution in [0.3, 0.4) is 0 Å². The van der Waals surface area contributed by atoms with Crippen molar-refractivity contribution in [2.24, 2.45) is 5.73 Å². The molecule has 0 bridgehead atoms. The average Bonchev–Trinajstić information content (AvgIpc) is 2.78. The van der Waals surface area contributed by atoms with Crippen LogP contribution in [0.15, 0.2) is 24.8 Å². The summed E-state index contributed by atoms with van der Waals surface area (Å²) in [5.74, 6) is -0.0568. The number of amides is 1. The summed E-state index contributed by atoms with van der Waals surface area (Å²) in [5, 5.41) is 4.12. The van der Waals surface area contributed by atoms with E-state index < -0.39 is 0 Å². The van der Waals surface area contributed by atoms with Gasteiger partial charge in [0.1, 0.15) is 0 Å². The van der Waals surface area contributed by atoms with Crippen molar-refractivity contribution in [3.63, 3.8) is 0 Å². The van der Waals surface area contributed by atoms with E-state index in [2.05, 4.69) is 10.1 Å². The Morgan fingerprint density at radius 3 is 3.06 bits per heavy atom. The van der Waals surface area contributed by atoms with E-state index in [-0.39, 0.29) is 11.9 Å². The van der Waals surface area contributed by atoms with Crippen LogP contribution in [0, 0.1) is 0 Å². The maximum Gasteiger partial charge on any atom is 0.257 e. The van der Waals surface area contributed by atoms with Gasteiger partial charge in [-0.2, -0.15) is 5.10 Å². The molecule has 0 fully saturated rings. The fraction of sp³-hybridized carbons (Fsp3) is 0.417. The van der Waals surface area contributed by atoms with Gasteiger partial charge in [0, 0.05) is 32.0 Å². The number of fused-ring (bicyclic) bond motifs is 1. The van der Waals surface area contributed by atoms with E-state index in [0.717, 1.165) is 11.9 Å². The molecule has 18 heavy (non-hydrogen) atoms. The largest absolute Gasteiger partial charge is 0.342 e. The summed E-state index contributed by atoms with van der Waals surface area (Å²) in [6, 6.07) is 0.0887. The van der Waals surface area contributed by atoms with E-state index in [1.165, 1.54) is 0 Å². The first-order valence-corrected chi connectivity index (χ1v) is 5.88. The maximum absolute atomic E-state index is 12.2. The molecule has 0 aliphatic rings. The molecule has 2 aromatic rings. The Hall–Kier alpha value is -1.95. The van der Waals surface area contributed by atoms with Crippen molar-refractivity contribution < 1.29 is 4.79 Å². The second-order valence-corrected chi connectivity index (χ2v) is 4.46. The summed E-state index contributed by atoms with van der Waals surface area (Å²) in [4.78, 5) is 17.9. The third-order valence-electron chi connectivity index (χ3n) is 2.82. The molecule has 0 aliphatic carbocycles. The summed E-state index contributed by atoms with van der Waals surface area (Å²) < 4.78 is 1.64. The van der Waals surface area contributed by atoms with E-state index in [1.54, 1.807) is 41.3 Å². The molecular formula is C12H17N5O. The Kier molecular flexibility index (Phi) is 3.57. The molecule has 0 radical (unpaired) electrons. The van der Waals surface area contributed by atoms with Gasteiger partial charge in [0.05, 0.1) is 23.5 Å². The molecule has 2 aromatic heterocycles. The summed E-state index contributed by atoms with van der Waals surface area (Å²) in [7, 11) is 1.77. The van der Waals surface area contributed by atoms with Crippen LogP contribution in [0.25, 0.3) is 5.52 Å². The second-order valence-electron chi connectivity index (χ2n) is 4.46. The quantitative estimate of drug-likeness (QED) is 0.855. The molecular weight excluding hydrogens is 230 g/mol. The number of carbonyl (C=O) groups is 1. The number of carbonyl (C=O) groups excluding carboxylic acids is 1. The zero-order valence-electron chi connectivity index (χ0n) is 10.6. The third-order valence-corrected chi connectivity index (χ3v) is 2.82. The van der Waals surface area contributed by atoms with Crippen molar-refractivity contribution >= 4 is 11.4 Å². The minimum absolute atomic E-state index is 0.0568. The molecule has 2 N–H and O–H groups in total. The van der Waals surface area contributed by atoms with Crippen LogP contribution >= 0.6 is 0 Å². The van der Waals surface area contributed by atoms with Crippen molar-refractivity contribution in [2.75, 3.05) is 13.6 Å². The van der Waals surface area contributed by atoms with Crippen LogP contribution in [0.5, 0.6) is 0 Å². The molecule has 96 valence electrons. The molecule has 2 rings (SSSR count). The lowest BCUT2D eigenvalue weighted by molar-refractivity contribution is 0.0793. The Morgan fingerprint density at radius 1 is 1.56 bits per heavy atom. The molecule has 2 heterocycles. The smallest absolute Gasteiger partial charge is 0.257 e. The summed E-state index contributed by atoms with van der Waals surface area (Å²) in [6.45, 7) is 2.56. The predicted molar refractivity (Wildman–Crippen MR) is 68.2 cm³/mol. The third kappa shape index (κ3) is 2.48. The second kappa shape index (κ2) is 5.14. The van der Waals surface area contributed by atoms with Gasteiger partial charge in [0.15, 0.2) is 0 Å². The van der Waals surface area contributed by atoms with Gasteiger partial charge in [-0.25, -0.2) is 4.52 Å². The van der Waals surface area contributed by atoms with Gasteiger partial charge in [-0.3, -0.25) is 9.78 Å². The van der Waals surface area contributed by atoms with Crippen LogP contribution < -0.4 is 5.73 Å². The highest BCUT2D eigenvalue weighted by molar-refractivity contribution is 6.00. The molecule has 0 aliphatic heterocycles. The van der Waals surface area contributed by atoms with Crippen LogP contribution in [0.1, 0.15) is 23.7 Å². The lowest BCUT2D eigenvalue weighted by atomic mass is 10.2. The van der Waals surface area contributed by atoms with E-state index in [9.17, 15) is 4.79 Å². The van der Waals surface area contributed by atoms with E-state index in [1.807, 2.05) is 6.92 Å². The Balaban J connectivity index is 2.18.